The van der Waals surface area contributed by atoms with Gasteiger partial charge in [-0.15, -0.1) is 0 Å². The summed E-state index contributed by atoms with van der Waals surface area (Å²) in [4.78, 5) is 38.3. The van der Waals surface area contributed by atoms with Crippen LogP contribution in [0.25, 0.3) is 0 Å². The van der Waals surface area contributed by atoms with Crippen LogP contribution in [0.5, 0.6) is 0 Å². The van der Waals surface area contributed by atoms with E-state index < -0.39 is 6.10 Å². The van der Waals surface area contributed by atoms with Gasteiger partial charge in [0.2, 0.25) is 0 Å². The Balaban J connectivity index is 0.000000755. The summed E-state index contributed by atoms with van der Waals surface area (Å²) < 4.78 is 5.23. The minimum absolute atomic E-state index is 0.0853. The van der Waals surface area contributed by atoms with E-state index in [1.54, 1.807) is 4.90 Å². The van der Waals surface area contributed by atoms with Gasteiger partial charge in [-0.25, -0.2) is 0 Å². The maximum atomic E-state index is 13.0. The summed E-state index contributed by atoms with van der Waals surface area (Å²) in [5.41, 5.74) is 3.58. The molecular formula is C20H25N3O6. The smallest absolute Gasteiger partial charge is 0.290 e. The van der Waals surface area contributed by atoms with Crippen LogP contribution in [0, 0.1) is 19.8 Å². The Morgan fingerprint density at radius 2 is 2.10 bits per heavy atom. The number of likely N-dealkylation sites (tertiary alicyclic amines) is 1. The summed E-state index contributed by atoms with van der Waals surface area (Å²) >= 11 is 0. The third kappa shape index (κ3) is 4.24. The van der Waals surface area contributed by atoms with Crippen molar-refractivity contribution in [2.45, 2.75) is 45.6 Å². The zero-order valence-electron chi connectivity index (χ0n) is 16.5. The molecule has 4 rings (SSSR count). The number of nitrogens with zero attached hydrogens (tertiary/aromatic N) is 2. The first kappa shape index (κ1) is 20.8. The standard InChI is InChI=1S/C19H23N3O4.CH2O2/c1-10-6-13(26-21-10)7-12-8-22(9-16(12)24)19(25)18-11(2)17-14(20-18)4-3-5-15(17)23;2-1-3/h6,12,16,20,24H,3-5,7-9H2,1-2H3;1H,(H,2,3)/t12-,16+;/m1./s1. The number of hydrogen-bond acceptors (Lipinski definition) is 6. The lowest BCUT2D eigenvalue weighted by molar-refractivity contribution is -0.122. The third-order valence-electron chi connectivity index (χ3n) is 5.48. The SMILES string of the molecule is Cc1cc(C[C@@H]2CN(C(=O)c3[nH]c4c(c3C)C(=O)CCC4)C[C@@H]2O)on1.O=CO. The molecule has 29 heavy (non-hydrogen) atoms. The normalized spacial score (nSPS) is 20.8. The number of carboxylic acid groups (broad SMARTS) is 1. The third-order valence-corrected chi connectivity index (χ3v) is 5.48. The lowest BCUT2D eigenvalue weighted by Crippen LogP contribution is -2.30. The topological polar surface area (TPSA) is 137 Å². The van der Waals surface area contributed by atoms with Gasteiger partial charge in [0, 0.05) is 49.2 Å². The highest BCUT2D eigenvalue weighted by molar-refractivity contribution is 6.04. The summed E-state index contributed by atoms with van der Waals surface area (Å²) in [6, 6.07) is 1.85. The van der Waals surface area contributed by atoms with E-state index >= 15 is 0 Å². The Labute approximate surface area is 167 Å². The van der Waals surface area contributed by atoms with E-state index in [-0.39, 0.29) is 30.6 Å². The summed E-state index contributed by atoms with van der Waals surface area (Å²) in [6.45, 7) is 4.17. The number of amides is 1. The molecule has 0 spiro atoms. The Morgan fingerprint density at radius 1 is 1.38 bits per heavy atom. The minimum atomic E-state index is -0.601. The van der Waals surface area contributed by atoms with Crippen LogP contribution in [-0.4, -0.2) is 62.6 Å². The van der Waals surface area contributed by atoms with E-state index in [1.165, 1.54) is 0 Å². The molecule has 0 bridgehead atoms. The molecular weight excluding hydrogens is 378 g/mol. The molecule has 9 heteroatoms. The lowest BCUT2D eigenvalue weighted by Gasteiger charge is -2.15. The van der Waals surface area contributed by atoms with E-state index in [2.05, 4.69) is 10.1 Å². The molecule has 2 aromatic rings. The first-order valence-corrected chi connectivity index (χ1v) is 9.57. The fourth-order valence-corrected chi connectivity index (χ4v) is 4.14. The summed E-state index contributed by atoms with van der Waals surface area (Å²) in [7, 11) is 0. The molecule has 0 saturated carbocycles. The number of aromatic nitrogens is 2. The van der Waals surface area contributed by atoms with Crippen LogP contribution >= 0.6 is 0 Å². The van der Waals surface area contributed by atoms with Crippen LogP contribution in [0.4, 0.5) is 0 Å². The number of fused-ring (bicyclic) bond motifs is 1. The van der Waals surface area contributed by atoms with Crippen molar-refractivity contribution < 1.29 is 29.1 Å². The molecule has 1 amide bonds. The van der Waals surface area contributed by atoms with E-state index in [0.717, 1.165) is 35.6 Å². The van der Waals surface area contributed by atoms with Gasteiger partial charge in [-0.05, 0) is 32.3 Å². The molecule has 1 aliphatic heterocycles. The van der Waals surface area contributed by atoms with Crippen molar-refractivity contribution in [3.63, 3.8) is 0 Å². The molecule has 1 aliphatic carbocycles. The second kappa shape index (κ2) is 8.60. The summed E-state index contributed by atoms with van der Waals surface area (Å²) in [6.07, 6.45) is 2.10. The first-order valence-electron chi connectivity index (χ1n) is 9.57. The van der Waals surface area contributed by atoms with Crippen LogP contribution in [-0.2, 0) is 17.6 Å². The Morgan fingerprint density at radius 3 is 2.72 bits per heavy atom. The van der Waals surface area contributed by atoms with Crippen molar-refractivity contribution in [3.8, 4) is 0 Å². The van der Waals surface area contributed by atoms with Crippen molar-refractivity contribution in [2.75, 3.05) is 13.1 Å². The Kier molecular flexibility index (Phi) is 6.17. The summed E-state index contributed by atoms with van der Waals surface area (Å²) in [5.74, 6) is 0.592. The minimum Gasteiger partial charge on any atom is -0.483 e. The largest absolute Gasteiger partial charge is 0.483 e. The molecule has 2 aromatic heterocycles. The van der Waals surface area contributed by atoms with E-state index in [1.807, 2.05) is 19.9 Å². The van der Waals surface area contributed by atoms with Gasteiger partial charge in [0.05, 0.1) is 11.8 Å². The number of hydrogen-bond donors (Lipinski definition) is 3. The Bertz CT molecular complexity index is 915. The zero-order chi connectivity index (χ0) is 21.1. The van der Waals surface area contributed by atoms with E-state index in [4.69, 9.17) is 14.4 Å². The first-order chi connectivity index (χ1) is 13.8. The number of β-amino-alcohol motifs (C(OH)–C–C–N with tert-alkyl or cyclic N) is 1. The number of carbonyl (C=O) groups is 3. The molecule has 0 aromatic carbocycles. The van der Waals surface area contributed by atoms with Gasteiger partial charge in [-0.1, -0.05) is 5.16 Å². The van der Waals surface area contributed by atoms with Crippen LogP contribution in [0.3, 0.4) is 0 Å². The number of aromatic amines is 1. The molecule has 2 aliphatic rings. The molecule has 3 N–H and O–H groups in total. The number of rotatable bonds is 3. The van der Waals surface area contributed by atoms with E-state index in [9.17, 15) is 14.7 Å². The predicted octanol–water partition coefficient (Wildman–Crippen LogP) is 1.51. The molecule has 3 heterocycles. The Hall–Kier alpha value is -2.94. The highest BCUT2D eigenvalue weighted by Crippen LogP contribution is 2.29. The molecule has 9 nitrogen and oxygen atoms in total. The fraction of sp³-hybridized carbons (Fsp3) is 0.500. The molecule has 1 fully saturated rings. The van der Waals surface area contributed by atoms with Gasteiger partial charge in [-0.2, -0.15) is 0 Å². The van der Waals surface area contributed by atoms with Gasteiger partial charge in [0.1, 0.15) is 11.5 Å². The van der Waals surface area contributed by atoms with Crippen LogP contribution < -0.4 is 0 Å². The number of H-pyrrole nitrogens is 1. The lowest BCUT2D eigenvalue weighted by atomic mass is 9.94. The van der Waals surface area contributed by atoms with Crippen molar-refractivity contribution in [2.24, 2.45) is 5.92 Å². The van der Waals surface area contributed by atoms with Crippen LogP contribution in [0.1, 0.15) is 56.4 Å². The fourth-order valence-electron chi connectivity index (χ4n) is 4.14. The predicted molar refractivity (Wildman–Crippen MR) is 102 cm³/mol. The van der Waals surface area contributed by atoms with Gasteiger partial charge in [0.25, 0.3) is 12.4 Å². The molecule has 1 saturated heterocycles. The monoisotopic (exact) mass is 403 g/mol. The highest BCUT2D eigenvalue weighted by Gasteiger charge is 2.37. The van der Waals surface area contributed by atoms with Crippen LogP contribution in [0.15, 0.2) is 10.6 Å². The van der Waals surface area contributed by atoms with Gasteiger partial charge < -0.3 is 24.6 Å². The average Bonchev–Trinajstić information content (AvgIpc) is 3.34. The molecule has 0 radical (unpaired) electrons. The van der Waals surface area contributed by atoms with Crippen molar-refractivity contribution in [1.82, 2.24) is 15.0 Å². The molecule has 156 valence electrons. The van der Waals surface area contributed by atoms with Crippen molar-refractivity contribution in [3.05, 3.63) is 40.0 Å². The van der Waals surface area contributed by atoms with E-state index in [0.29, 0.717) is 30.6 Å². The van der Waals surface area contributed by atoms with Crippen molar-refractivity contribution in [1.29, 1.82) is 0 Å². The maximum absolute atomic E-state index is 13.0. The second-order valence-electron chi connectivity index (χ2n) is 7.54. The molecule has 0 unspecified atom stereocenters. The number of carbonyl (C=O) groups excluding carboxylic acids is 2. The van der Waals surface area contributed by atoms with Gasteiger partial charge in [0.15, 0.2) is 5.78 Å². The number of nitrogens with one attached hydrogen (secondary N) is 1. The molecule has 2 atom stereocenters. The number of Topliss-reactive ketones (excluding diaryl/α,β-unsaturated/α-hetero) is 1. The van der Waals surface area contributed by atoms with Crippen LogP contribution in [0.2, 0.25) is 0 Å². The number of aliphatic hydroxyl groups is 1. The van der Waals surface area contributed by atoms with Crippen molar-refractivity contribution >= 4 is 18.2 Å². The quantitative estimate of drug-likeness (QED) is 0.661. The van der Waals surface area contributed by atoms with Gasteiger partial charge in [-0.3, -0.25) is 14.4 Å². The second-order valence-corrected chi connectivity index (χ2v) is 7.54. The highest BCUT2D eigenvalue weighted by atomic mass is 16.5. The average molecular weight is 403 g/mol. The zero-order valence-corrected chi connectivity index (χ0v) is 16.5. The number of ketones is 1. The van der Waals surface area contributed by atoms with Gasteiger partial charge >= 0.3 is 0 Å². The number of aryl methyl sites for hydroxylation is 2. The number of aliphatic hydroxyl groups excluding tert-OH is 1. The maximum Gasteiger partial charge on any atom is 0.290 e. The summed E-state index contributed by atoms with van der Waals surface area (Å²) in [5, 5.41) is 21.1.